The van der Waals surface area contributed by atoms with Gasteiger partial charge in [-0.2, -0.15) is 13.2 Å². The van der Waals surface area contributed by atoms with Gasteiger partial charge < -0.3 is 10.2 Å². The van der Waals surface area contributed by atoms with Crippen LogP contribution in [-0.2, 0) is 11.0 Å². The Morgan fingerprint density at radius 2 is 1.85 bits per heavy atom. The van der Waals surface area contributed by atoms with Crippen molar-refractivity contribution in [2.24, 2.45) is 5.92 Å². The van der Waals surface area contributed by atoms with E-state index in [0.29, 0.717) is 30.0 Å². The minimum atomic E-state index is -4.36. The number of carbonyl (C=O) groups excluding carboxylic acids is 1. The second-order valence-corrected chi connectivity index (χ2v) is 8.51. The molecule has 3 aliphatic rings. The summed E-state index contributed by atoms with van der Waals surface area (Å²) in [5.41, 5.74) is -0.0829. The van der Waals surface area contributed by atoms with Crippen molar-refractivity contribution in [1.29, 1.82) is 0 Å². The van der Waals surface area contributed by atoms with Crippen LogP contribution in [0.3, 0.4) is 0 Å². The van der Waals surface area contributed by atoms with Gasteiger partial charge in [0.25, 0.3) is 0 Å². The first-order valence-corrected chi connectivity index (χ1v) is 10.1. The Balaban J connectivity index is 1.48. The quantitative estimate of drug-likeness (QED) is 0.805. The summed E-state index contributed by atoms with van der Waals surface area (Å²) < 4.78 is 39.2. The van der Waals surface area contributed by atoms with Crippen molar-refractivity contribution in [1.82, 2.24) is 10.2 Å². The molecule has 27 heavy (non-hydrogen) atoms. The van der Waals surface area contributed by atoms with Crippen molar-refractivity contribution in [2.45, 2.75) is 82.2 Å². The molecule has 1 N–H and O–H groups in total. The van der Waals surface area contributed by atoms with Crippen molar-refractivity contribution in [3.05, 3.63) is 35.4 Å². The van der Waals surface area contributed by atoms with E-state index in [2.05, 4.69) is 5.32 Å². The van der Waals surface area contributed by atoms with Crippen LogP contribution in [0.4, 0.5) is 13.2 Å². The first-order chi connectivity index (χ1) is 12.8. The van der Waals surface area contributed by atoms with Gasteiger partial charge in [-0.25, -0.2) is 0 Å². The summed E-state index contributed by atoms with van der Waals surface area (Å²) >= 11 is 0. The molecule has 3 fully saturated rings. The number of carbonyl (C=O) groups is 1. The molecule has 0 spiro atoms. The number of nitrogens with zero attached hydrogens (tertiary/aromatic N) is 1. The molecule has 3 atom stereocenters. The number of amides is 1. The van der Waals surface area contributed by atoms with Crippen LogP contribution >= 0.6 is 0 Å². The van der Waals surface area contributed by atoms with Crippen LogP contribution in [-0.4, -0.2) is 28.9 Å². The van der Waals surface area contributed by atoms with Crippen LogP contribution in [0.5, 0.6) is 0 Å². The van der Waals surface area contributed by atoms with Gasteiger partial charge >= 0.3 is 6.18 Å². The average molecular weight is 380 g/mol. The fraction of sp³-hybridized carbons (Fsp3) is 0.667. The zero-order valence-electron chi connectivity index (χ0n) is 15.6. The lowest BCUT2D eigenvalue weighted by atomic mass is 9.89. The molecular formula is C21H27F3N2O. The van der Waals surface area contributed by atoms with Gasteiger partial charge in [0.2, 0.25) is 5.91 Å². The summed E-state index contributed by atoms with van der Waals surface area (Å²) in [5, 5.41) is 3.60. The van der Waals surface area contributed by atoms with Gasteiger partial charge in [0.1, 0.15) is 0 Å². The molecule has 3 unspecified atom stereocenters. The van der Waals surface area contributed by atoms with Crippen molar-refractivity contribution >= 4 is 5.91 Å². The Bertz CT molecular complexity index is 689. The zero-order valence-corrected chi connectivity index (χ0v) is 15.6. The molecule has 1 aromatic rings. The first kappa shape index (κ1) is 18.8. The maximum absolute atomic E-state index is 13.1. The summed E-state index contributed by atoms with van der Waals surface area (Å²) in [6.07, 6.45) is 2.54. The number of halogens is 3. The molecule has 2 bridgehead atoms. The van der Waals surface area contributed by atoms with Crippen molar-refractivity contribution < 1.29 is 18.0 Å². The molecular weight excluding hydrogens is 353 g/mol. The lowest BCUT2D eigenvalue weighted by molar-refractivity contribution is -0.137. The third kappa shape index (κ3) is 4.15. The Labute approximate surface area is 158 Å². The summed E-state index contributed by atoms with van der Waals surface area (Å²) in [4.78, 5) is 15.0. The van der Waals surface area contributed by atoms with Crippen LogP contribution in [0.1, 0.15) is 69.0 Å². The van der Waals surface area contributed by atoms with Crippen molar-refractivity contribution in [3.8, 4) is 0 Å². The van der Waals surface area contributed by atoms with E-state index in [4.69, 9.17) is 0 Å². The minimum absolute atomic E-state index is 0.105. The number of rotatable bonds is 5. The van der Waals surface area contributed by atoms with Gasteiger partial charge in [0.05, 0.1) is 11.6 Å². The molecule has 2 heterocycles. The van der Waals surface area contributed by atoms with E-state index >= 15 is 0 Å². The van der Waals surface area contributed by atoms with Crippen LogP contribution < -0.4 is 5.32 Å². The molecule has 148 valence electrons. The minimum Gasteiger partial charge on any atom is -0.333 e. The van der Waals surface area contributed by atoms with Crippen LogP contribution in [0.2, 0.25) is 0 Å². The molecule has 2 saturated heterocycles. The normalized spacial score (nSPS) is 28.8. The number of fused-ring (bicyclic) bond motifs is 2. The van der Waals surface area contributed by atoms with Crippen molar-refractivity contribution in [2.75, 3.05) is 0 Å². The van der Waals surface area contributed by atoms with Crippen LogP contribution in [0, 0.1) is 5.92 Å². The van der Waals surface area contributed by atoms with Gasteiger partial charge in [-0.1, -0.05) is 12.1 Å². The predicted octanol–water partition coefficient (Wildman–Crippen LogP) is 4.68. The zero-order chi connectivity index (χ0) is 19.2. The van der Waals surface area contributed by atoms with Gasteiger partial charge in [0, 0.05) is 24.5 Å². The molecule has 1 saturated carbocycles. The third-order valence-electron chi connectivity index (χ3n) is 6.38. The van der Waals surface area contributed by atoms with Gasteiger partial charge in [-0.15, -0.1) is 0 Å². The monoisotopic (exact) mass is 380 g/mol. The standard InChI is InChI=1S/C21H27F3N2O/c1-13(15-3-2-4-16(12-15)21(22,23)24)26(19-7-8-19)20(27)11-14-9-17-5-6-18(10-14)25-17/h2-4,12-14,17-19,25H,5-11H2,1H3. The van der Waals surface area contributed by atoms with Gasteiger partial charge in [-0.3, -0.25) is 4.79 Å². The Hall–Kier alpha value is -1.56. The van der Waals surface area contributed by atoms with Crippen molar-refractivity contribution in [3.63, 3.8) is 0 Å². The highest BCUT2D eigenvalue weighted by molar-refractivity contribution is 5.77. The molecule has 4 rings (SSSR count). The summed E-state index contributed by atoms with van der Waals surface area (Å²) in [5.74, 6) is 0.500. The topological polar surface area (TPSA) is 32.3 Å². The molecule has 1 aliphatic carbocycles. The van der Waals surface area contributed by atoms with E-state index in [1.54, 1.807) is 6.07 Å². The number of hydrogen-bond acceptors (Lipinski definition) is 2. The highest BCUT2D eigenvalue weighted by atomic mass is 19.4. The SMILES string of the molecule is CC(c1cccc(C(F)(F)F)c1)N(C(=O)CC1CC2CCC(C1)N2)C1CC1. The third-order valence-corrected chi connectivity index (χ3v) is 6.38. The highest BCUT2D eigenvalue weighted by Gasteiger charge is 2.40. The maximum Gasteiger partial charge on any atom is 0.416 e. The van der Waals surface area contributed by atoms with E-state index in [1.807, 2.05) is 11.8 Å². The molecule has 6 heteroatoms. The van der Waals surface area contributed by atoms with E-state index in [-0.39, 0.29) is 18.0 Å². The largest absolute Gasteiger partial charge is 0.416 e. The van der Waals surface area contributed by atoms with E-state index in [9.17, 15) is 18.0 Å². The summed E-state index contributed by atoms with van der Waals surface area (Å²) in [6.45, 7) is 1.86. The summed E-state index contributed by atoms with van der Waals surface area (Å²) in [7, 11) is 0. The van der Waals surface area contributed by atoms with Crippen LogP contribution in [0.15, 0.2) is 24.3 Å². The van der Waals surface area contributed by atoms with E-state index in [0.717, 1.165) is 31.7 Å². The number of benzene rings is 1. The smallest absolute Gasteiger partial charge is 0.333 e. The second-order valence-electron chi connectivity index (χ2n) is 8.51. The molecule has 1 aromatic carbocycles. The lowest BCUT2D eigenvalue weighted by Gasteiger charge is -2.34. The number of nitrogens with one attached hydrogen (secondary N) is 1. The molecule has 3 nitrogen and oxygen atoms in total. The highest BCUT2D eigenvalue weighted by Crippen LogP contribution is 2.39. The maximum atomic E-state index is 13.1. The Morgan fingerprint density at radius 3 is 2.44 bits per heavy atom. The number of hydrogen-bond donors (Lipinski definition) is 1. The molecule has 0 radical (unpaired) electrons. The Kier molecular flexibility index (Phi) is 4.95. The average Bonchev–Trinajstić information content (AvgIpc) is 3.38. The van der Waals surface area contributed by atoms with Gasteiger partial charge in [-0.05, 0) is 69.1 Å². The van der Waals surface area contributed by atoms with Gasteiger partial charge in [0.15, 0.2) is 0 Å². The fourth-order valence-electron chi connectivity index (χ4n) is 4.92. The summed E-state index contributed by atoms with van der Waals surface area (Å²) in [6, 6.07) is 6.35. The lowest BCUT2D eigenvalue weighted by Crippen LogP contribution is -2.41. The van der Waals surface area contributed by atoms with Crippen LogP contribution in [0.25, 0.3) is 0 Å². The Morgan fingerprint density at radius 1 is 1.19 bits per heavy atom. The molecule has 0 aromatic heterocycles. The fourth-order valence-corrected chi connectivity index (χ4v) is 4.92. The molecule has 1 amide bonds. The number of piperidine rings is 1. The van der Waals surface area contributed by atoms with E-state index in [1.165, 1.54) is 25.0 Å². The first-order valence-electron chi connectivity index (χ1n) is 10.1. The number of alkyl halides is 3. The van der Waals surface area contributed by atoms with E-state index < -0.39 is 11.7 Å². The predicted molar refractivity (Wildman–Crippen MR) is 97.0 cm³/mol. The molecule has 2 aliphatic heterocycles. The second kappa shape index (κ2) is 7.12.